The van der Waals surface area contributed by atoms with E-state index in [0.717, 1.165) is 17.2 Å². The molecule has 0 bridgehead atoms. The van der Waals surface area contributed by atoms with E-state index >= 15 is 0 Å². The third kappa shape index (κ3) is 5.90. The molecule has 142 valence electrons. The van der Waals surface area contributed by atoms with Crippen LogP contribution in [0.1, 0.15) is 64.4 Å². The zero-order valence-corrected chi connectivity index (χ0v) is 16.8. The summed E-state index contributed by atoms with van der Waals surface area (Å²) < 4.78 is 5.51. The second kappa shape index (κ2) is 10.2. The Morgan fingerprint density at radius 1 is 0.852 bits per heavy atom. The van der Waals surface area contributed by atoms with Crippen LogP contribution in [0.2, 0.25) is 0 Å². The van der Waals surface area contributed by atoms with Crippen molar-refractivity contribution in [3.05, 3.63) is 54.1 Å². The zero-order chi connectivity index (χ0) is 18.9. The Hall–Kier alpha value is -2.20. The van der Waals surface area contributed by atoms with Gasteiger partial charge in [-0.25, -0.2) is 0 Å². The fourth-order valence-electron chi connectivity index (χ4n) is 3.93. The molecule has 0 aliphatic heterocycles. The Morgan fingerprint density at radius 3 is 2.07 bits per heavy atom. The Kier molecular flexibility index (Phi) is 7.40. The smallest absolute Gasteiger partial charge is 0.119 e. The van der Waals surface area contributed by atoms with E-state index in [9.17, 15) is 0 Å². The van der Waals surface area contributed by atoms with Crippen molar-refractivity contribution in [2.24, 2.45) is 11.8 Å². The first-order valence-electron chi connectivity index (χ1n) is 10.6. The van der Waals surface area contributed by atoms with Crippen molar-refractivity contribution in [2.75, 3.05) is 6.61 Å². The Balaban J connectivity index is 1.55. The summed E-state index contributed by atoms with van der Waals surface area (Å²) >= 11 is 0. The molecule has 0 aromatic heterocycles. The predicted octanol–water partition coefficient (Wildman–Crippen LogP) is 7.10. The van der Waals surface area contributed by atoms with E-state index in [1.807, 2.05) is 19.1 Å². The van der Waals surface area contributed by atoms with Gasteiger partial charge in [-0.05, 0) is 73.9 Å². The fourth-order valence-corrected chi connectivity index (χ4v) is 3.93. The van der Waals surface area contributed by atoms with E-state index in [2.05, 4.69) is 55.2 Å². The van der Waals surface area contributed by atoms with Crippen molar-refractivity contribution in [3.8, 4) is 28.7 Å². The van der Waals surface area contributed by atoms with Gasteiger partial charge in [0.1, 0.15) is 5.75 Å². The first kappa shape index (κ1) is 19.6. The van der Waals surface area contributed by atoms with E-state index in [1.54, 1.807) is 0 Å². The number of rotatable bonds is 6. The molecule has 1 saturated carbocycles. The highest BCUT2D eigenvalue weighted by molar-refractivity contribution is 5.65. The SMILES string of the molecule is CCCC[C@H]1CC[C@H](C#Cc2ccc(-c3ccc(OCC)cc3)cc2)CC1. The van der Waals surface area contributed by atoms with Gasteiger partial charge in [0.05, 0.1) is 6.61 Å². The summed E-state index contributed by atoms with van der Waals surface area (Å²) in [4.78, 5) is 0. The maximum Gasteiger partial charge on any atom is 0.119 e. The molecule has 3 rings (SSSR count). The molecule has 2 aromatic rings. The third-order valence-corrected chi connectivity index (χ3v) is 5.62. The quantitative estimate of drug-likeness (QED) is 0.499. The lowest BCUT2D eigenvalue weighted by molar-refractivity contribution is 0.296. The van der Waals surface area contributed by atoms with Crippen LogP contribution in [0.25, 0.3) is 11.1 Å². The molecule has 0 amide bonds. The molecule has 0 radical (unpaired) electrons. The summed E-state index contributed by atoms with van der Waals surface area (Å²) in [6.07, 6.45) is 9.45. The van der Waals surface area contributed by atoms with Gasteiger partial charge in [-0.3, -0.25) is 0 Å². The van der Waals surface area contributed by atoms with E-state index in [4.69, 9.17) is 4.74 Å². The first-order chi connectivity index (χ1) is 13.3. The van der Waals surface area contributed by atoms with Crippen molar-refractivity contribution in [1.82, 2.24) is 0 Å². The van der Waals surface area contributed by atoms with E-state index in [0.29, 0.717) is 12.5 Å². The number of hydrogen-bond acceptors (Lipinski definition) is 1. The van der Waals surface area contributed by atoms with Crippen molar-refractivity contribution >= 4 is 0 Å². The molecule has 1 aliphatic carbocycles. The van der Waals surface area contributed by atoms with E-state index < -0.39 is 0 Å². The van der Waals surface area contributed by atoms with Crippen LogP contribution in [0.15, 0.2) is 48.5 Å². The summed E-state index contributed by atoms with van der Waals surface area (Å²) in [5, 5.41) is 0. The fraction of sp³-hybridized carbons (Fsp3) is 0.462. The minimum Gasteiger partial charge on any atom is -0.494 e. The molecule has 0 N–H and O–H groups in total. The average molecular weight is 361 g/mol. The van der Waals surface area contributed by atoms with Crippen LogP contribution in [0.3, 0.4) is 0 Å². The lowest BCUT2D eigenvalue weighted by Crippen LogP contribution is -2.13. The lowest BCUT2D eigenvalue weighted by Gasteiger charge is -2.25. The van der Waals surface area contributed by atoms with Gasteiger partial charge in [-0.15, -0.1) is 0 Å². The topological polar surface area (TPSA) is 9.23 Å². The molecular weight excluding hydrogens is 328 g/mol. The van der Waals surface area contributed by atoms with Crippen molar-refractivity contribution in [2.45, 2.75) is 58.8 Å². The molecular formula is C26H32O. The molecule has 1 fully saturated rings. The van der Waals surface area contributed by atoms with Crippen molar-refractivity contribution < 1.29 is 4.74 Å². The molecule has 0 saturated heterocycles. The van der Waals surface area contributed by atoms with Gasteiger partial charge in [0.15, 0.2) is 0 Å². The first-order valence-corrected chi connectivity index (χ1v) is 10.6. The highest BCUT2D eigenvalue weighted by Crippen LogP contribution is 2.31. The summed E-state index contributed by atoms with van der Waals surface area (Å²) in [7, 11) is 0. The normalized spacial score (nSPS) is 19.2. The summed E-state index contributed by atoms with van der Waals surface area (Å²) in [6.45, 7) is 5.00. The standard InChI is InChI=1S/C26H32O/c1-3-5-6-21-7-9-22(10-8-21)11-12-23-13-15-24(16-14-23)25-17-19-26(20-18-25)27-4-2/h13-22H,3-10H2,1-2H3/t21-,22-. The summed E-state index contributed by atoms with van der Waals surface area (Å²) in [5.74, 6) is 9.41. The molecule has 1 nitrogen and oxygen atoms in total. The maximum absolute atomic E-state index is 5.51. The van der Waals surface area contributed by atoms with Crippen LogP contribution < -0.4 is 4.74 Å². The Labute approximate surface area is 165 Å². The number of hydrogen-bond donors (Lipinski definition) is 0. The second-order valence-corrected chi connectivity index (χ2v) is 7.66. The highest BCUT2D eigenvalue weighted by Gasteiger charge is 2.19. The van der Waals surface area contributed by atoms with Crippen LogP contribution in [0.5, 0.6) is 5.75 Å². The predicted molar refractivity (Wildman–Crippen MR) is 115 cm³/mol. The monoisotopic (exact) mass is 360 g/mol. The number of unbranched alkanes of at least 4 members (excludes halogenated alkanes) is 1. The number of ether oxygens (including phenoxy) is 1. The van der Waals surface area contributed by atoms with Gasteiger partial charge < -0.3 is 4.74 Å². The second-order valence-electron chi connectivity index (χ2n) is 7.66. The molecule has 0 unspecified atom stereocenters. The summed E-state index contributed by atoms with van der Waals surface area (Å²) in [5.41, 5.74) is 3.56. The van der Waals surface area contributed by atoms with Crippen LogP contribution in [0, 0.1) is 23.7 Å². The van der Waals surface area contributed by atoms with Crippen molar-refractivity contribution in [3.63, 3.8) is 0 Å². The lowest BCUT2D eigenvalue weighted by atomic mass is 9.80. The van der Waals surface area contributed by atoms with Crippen LogP contribution in [0.4, 0.5) is 0 Å². The maximum atomic E-state index is 5.51. The average Bonchev–Trinajstić information content (AvgIpc) is 2.73. The Morgan fingerprint density at radius 2 is 1.48 bits per heavy atom. The molecule has 2 aromatic carbocycles. The van der Waals surface area contributed by atoms with Gasteiger partial charge >= 0.3 is 0 Å². The third-order valence-electron chi connectivity index (χ3n) is 5.62. The van der Waals surface area contributed by atoms with E-state index in [1.165, 1.54) is 56.1 Å². The zero-order valence-electron chi connectivity index (χ0n) is 16.8. The van der Waals surface area contributed by atoms with Gasteiger partial charge in [0, 0.05) is 11.5 Å². The molecule has 0 heterocycles. The molecule has 1 heteroatoms. The van der Waals surface area contributed by atoms with Crippen molar-refractivity contribution in [1.29, 1.82) is 0 Å². The van der Waals surface area contributed by atoms with Gasteiger partial charge in [0.2, 0.25) is 0 Å². The molecule has 27 heavy (non-hydrogen) atoms. The minimum absolute atomic E-state index is 0.591. The molecule has 1 aliphatic rings. The highest BCUT2D eigenvalue weighted by atomic mass is 16.5. The van der Waals surface area contributed by atoms with Gasteiger partial charge in [-0.2, -0.15) is 0 Å². The van der Waals surface area contributed by atoms with Gasteiger partial charge in [-0.1, -0.05) is 62.3 Å². The number of benzene rings is 2. The van der Waals surface area contributed by atoms with Crippen LogP contribution in [-0.2, 0) is 0 Å². The van der Waals surface area contributed by atoms with Gasteiger partial charge in [0.25, 0.3) is 0 Å². The van der Waals surface area contributed by atoms with Crippen LogP contribution in [-0.4, -0.2) is 6.61 Å². The largest absolute Gasteiger partial charge is 0.494 e. The van der Waals surface area contributed by atoms with Crippen LogP contribution >= 0.6 is 0 Å². The van der Waals surface area contributed by atoms with E-state index in [-0.39, 0.29) is 0 Å². The summed E-state index contributed by atoms with van der Waals surface area (Å²) in [6, 6.07) is 16.9. The Bertz CT molecular complexity index is 738. The molecule has 0 spiro atoms. The minimum atomic E-state index is 0.591. The molecule has 0 atom stereocenters.